The standard InChI is InChI=1S/C20H20F3N3O2/c1-19(15-6-4-3-5-7-15)17(27)26(18(28)24-19)13-25(2)12-14-8-10-16(11-9-14)20(21,22)23/h3-11H,12-13H2,1-2H3,(H,24,28)/t19-/m1/s1. The third-order valence-corrected chi connectivity index (χ3v) is 4.74. The summed E-state index contributed by atoms with van der Waals surface area (Å²) < 4.78 is 38.0. The molecule has 28 heavy (non-hydrogen) atoms. The smallest absolute Gasteiger partial charge is 0.319 e. The largest absolute Gasteiger partial charge is 0.416 e. The second-order valence-electron chi connectivity index (χ2n) is 7.00. The van der Waals surface area contributed by atoms with E-state index in [9.17, 15) is 22.8 Å². The van der Waals surface area contributed by atoms with E-state index in [0.29, 0.717) is 11.1 Å². The van der Waals surface area contributed by atoms with E-state index in [-0.39, 0.29) is 19.1 Å². The average molecular weight is 391 g/mol. The molecule has 3 rings (SSSR count). The first kappa shape index (κ1) is 19.9. The van der Waals surface area contributed by atoms with E-state index in [0.717, 1.165) is 17.0 Å². The van der Waals surface area contributed by atoms with Crippen molar-refractivity contribution in [2.45, 2.75) is 25.2 Å². The number of nitrogens with one attached hydrogen (secondary N) is 1. The number of hydrogen-bond donors (Lipinski definition) is 1. The summed E-state index contributed by atoms with van der Waals surface area (Å²) in [5.74, 6) is -0.372. The van der Waals surface area contributed by atoms with Crippen LogP contribution in [0.4, 0.5) is 18.0 Å². The monoisotopic (exact) mass is 391 g/mol. The molecule has 1 N–H and O–H groups in total. The van der Waals surface area contributed by atoms with E-state index >= 15 is 0 Å². The zero-order chi connectivity index (χ0) is 20.5. The van der Waals surface area contributed by atoms with E-state index in [1.807, 2.05) is 6.07 Å². The van der Waals surface area contributed by atoms with Crippen molar-refractivity contribution in [3.8, 4) is 0 Å². The molecule has 0 aliphatic carbocycles. The lowest BCUT2D eigenvalue weighted by atomic mass is 9.92. The summed E-state index contributed by atoms with van der Waals surface area (Å²) in [6.07, 6.45) is -4.38. The Morgan fingerprint density at radius 3 is 2.21 bits per heavy atom. The molecule has 0 saturated carbocycles. The van der Waals surface area contributed by atoms with Gasteiger partial charge in [0, 0.05) is 6.54 Å². The second kappa shape index (κ2) is 7.27. The lowest BCUT2D eigenvalue weighted by molar-refractivity contribution is -0.137. The minimum absolute atomic E-state index is 0.0219. The van der Waals surface area contributed by atoms with Crippen LogP contribution in [-0.4, -0.2) is 35.5 Å². The highest BCUT2D eigenvalue weighted by Gasteiger charge is 2.49. The van der Waals surface area contributed by atoms with Crippen LogP contribution in [0, 0.1) is 0 Å². The van der Waals surface area contributed by atoms with Gasteiger partial charge >= 0.3 is 12.2 Å². The second-order valence-corrected chi connectivity index (χ2v) is 7.00. The molecule has 1 heterocycles. The first-order chi connectivity index (χ1) is 13.1. The molecule has 2 aromatic carbocycles. The van der Waals surface area contributed by atoms with Gasteiger partial charge in [0.15, 0.2) is 0 Å². The Morgan fingerprint density at radius 1 is 1.04 bits per heavy atom. The van der Waals surface area contributed by atoms with Gasteiger partial charge in [0.2, 0.25) is 0 Å². The molecular formula is C20H20F3N3O2. The zero-order valence-electron chi connectivity index (χ0n) is 15.5. The topological polar surface area (TPSA) is 52.6 Å². The molecule has 1 aliphatic rings. The summed E-state index contributed by atoms with van der Waals surface area (Å²) >= 11 is 0. The highest BCUT2D eigenvalue weighted by molar-refractivity contribution is 6.07. The fourth-order valence-corrected chi connectivity index (χ4v) is 3.19. The number of nitrogens with zero attached hydrogens (tertiary/aromatic N) is 2. The van der Waals surface area contributed by atoms with Crippen LogP contribution in [0.3, 0.4) is 0 Å². The minimum Gasteiger partial charge on any atom is -0.319 e. The molecular weight excluding hydrogens is 371 g/mol. The van der Waals surface area contributed by atoms with Gasteiger partial charge in [-0.15, -0.1) is 0 Å². The fourth-order valence-electron chi connectivity index (χ4n) is 3.19. The molecule has 1 fully saturated rings. The number of amides is 3. The summed E-state index contributed by atoms with van der Waals surface area (Å²) in [5, 5.41) is 2.73. The quantitative estimate of drug-likeness (QED) is 0.793. The molecule has 0 radical (unpaired) electrons. The lowest BCUT2D eigenvalue weighted by Crippen LogP contribution is -2.42. The number of carbonyl (C=O) groups is 2. The van der Waals surface area contributed by atoms with Crippen LogP contribution in [0.25, 0.3) is 0 Å². The third-order valence-electron chi connectivity index (χ3n) is 4.74. The number of urea groups is 1. The van der Waals surface area contributed by atoms with Gasteiger partial charge < -0.3 is 5.32 Å². The van der Waals surface area contributed by atoms with E-state index in [4.69, 9.17) is 0 Å². The van der Waals surface area contributed by atoms with E-state index in [2.05, 4.69) is 5.32 Å². The molecule has 1 atom stereocenters. The van der Waals surface area contributed by atoms with Crippen LogP contribution in [0.5, 0.6) is 0 Å². The van der Waals surface area contributed by atoms with Crippen LogP contribution in [-0.2, 0) is 23.1 Å². The van der Waals surface area contributed by atoms with Crippen molar-refractivity contribution in [2.24, 2.45) is 0 Å². The van der Waals surface area contributed by atoms with Gasteiger partial charge in [0.25, 0.3) is 5.91 Å². The number of halogens is 3. The first-order valence-corrected chi connectivity index (χ1v) is 8.65. The molecule has 0 spiro atoms. The van der Waals surface area contributed by atoms with E-state index in [1.165, 1.54) is 12.1 Å². The minimum atomic E-state index is -4.38. The van der Waals surface area contributed by atoms with Crippen LogP contribution < -0.4 is 5.32 Å². The summed E-state index contributed by atoms with van der Waals surface area (Å²) in [7, 11) is 1.69. The maximum atomic E-state index is 12.9. The van der Waals surface area contributed by atoms with Crippen LogP contribution >= 0.6 is 0 Å². The molecule has 0 unspecified atom stereocenters. The number of benzene rings is 2. The molecule has 5 nitrogen and oxygen atoms in total. The molecule has 0 bridgehead atoms. The molecule has 1 aliphatic heterocycles. The zero-order valence-corrected chi connectivity index (χ0v) is 15.5. The molecule has 148 valence electrons. The first-order valence-electron chi connectivity index (χ1n) is 8.65. The summed E-state index contributed by atoms with van der Waals surface area (Å²) in [4.78, 5) is 28.0. The maximum absolute atomic E-state index is 12.9. The van der Waals surface area contributed by atoms with Gasteiger partial charge in [0.05, 0.1) is 12.2 Å². The summed E-state index contributed by atoms with van der Waals surface area (Å²) in [5.41, 5.74) is -0.533. The Hall–Kier alpha value is -2.87. The van der Waals surface area contributed by atoms with Gasteiger partial charge in [-0.25, -0.2) is 9.69 Å². The Morgan fingerprint density at radius 2 is 1.64 bits per heavy atom. The van der Waals surface area contributed by atoms with Crippen molar-refractivity contribution >= 4 is 11.9 Å². The van der Waals surface area contributed by atoms with E-state index < -0.39 is 23.3 Å². The number of carbonyl (C=O) groups excluding carboxylic acids is 2. The van der Waals surface area contributed by atoms with Crippen molar-refractivity contribution in [1.29, 1.82) is 0 Å². The third kappa shape index (κ3) is 3.87. The van der Waals surface area contributed by atoms with Gasteiger partial charge in [-0.3, -0.25) is 9.69 Å². The van der Waals surface area contributed by atoms with E-state index in [1.54, 1.807) is 43.1 Å². The van der Waals surface area contributed by atoms with Crippen molar-refractivity contribution in [3.63, 3.8) is 0 Å². The number of rotatable bonds is 5. The van der Waals surface area contributed by atoms with Crippen molar-refractivity contribution in [2.75, 3.05) is 13.7 Å². The Labute approximate surface area is 160 Å². The van der Waals surface area contributed by atoms with Gasteiger partial charge in [-0.1, -0.05) is 42.5 Å². The maximum Gasteiger partial charge on any atom is 0.416 e. The Balaban J connectivity index is 1.68. The molecule has 8 heteroatoms. The number of alkyl halides is 3. The van der Waals surface area contributed by atoms with Crippen LogP contribution in [0.2, 0.25) is 0 Å². The summed E-state index contributed by atoms with van der Waals surface area (Å²) in [6, 6.07) is 13.3. The molecule has 2 aromatic rings. The van der Waals surface area contributed by atoms with Crippen molar-refractivity contribution in [1.82, 2.24) is 15.1 Å². The predicted octanol–water partition coefficient (Wildman–Crippen LogP) is 3.56. The highest BCUT2D eigenvalue weighted by atomic mass is 19.4. The van der Waals surface area contributed by atoms with Crippen LogP contribution in [0.1, 0.15) is 23.6 Å². The lowest BCUT2D eigenvalue weighted by Gasteiger charge is -2.25. The Kier molecular flexibility index (Phi) is 5.16. The van der Waals surface area contributed by atoms with Crippen molar-refractivity contribution < 1.29 is 22.8 Å². The number of imide groups is 1. The SMILES string of the molecule is CN(Cc1ccc(C(F)(F)F)cc1)CN1C(=O)N[C@](C)(c2ccccc2)C1=O. The molecule has 1 saturated heterocycles. The van der Waals surface area contributed by atoms with Gasteiger partial charge in [-0.05, 0) is 37.2 Å². The molecule has 3 amide bonds. The molecule has 0 aromatic heterocycles. The summed E-state index contributed by atoms with van der Waals surface area (Å²) in [6.45, 7) is 1.96. The number of hydrogen-bond acceptors (Lipinski definition) is 3. The average Bonchev–Trinajstić information content (AvgIpc) is 2.86. The Bertz CT molecular complexity index is 869. The van der Waals surface area contributed by atoms with Crippen LogP contribution in [0.15, 0.2) is 54.6 Å². The van der Waals surface area contributed by atoms with Gasteiger partial charge in [0.1, 0.15) is 5.54 Å². The predicted molar refractivity (Wildman–Crippen MR) is 96.9 cm³/mol. The highest BCUT2D eigenvalue weighted by Crippen LogP contribution is 2.30. The van der Waals surface area contributed by atoms with Gasteiger partial charge in [-0.2, -0.15) is 13.2 Å². The van der Waals surface area contributed by atoms with Crippen molar-refractivity contribution in [3.05, 3.63) is 71.3 Å². The fraction of sp³-hybridized carbons (Fsp3) is 0.300. The normalized spacial score (nSPS) is 20.0.